The summed E-state index contributed by atoms with van der Waals surface area (Å²) in [6.45, 7) is 3.98. The number of benzene rings is 1. The molecule has 6 nitrogen and oxygen atoms in total. The third kappa shape index (κ3) is 4.12. The van der Waals surface area contributed by atoms with Crippen LogP contribution in [0.3, 0.4) is 0 Å². The highest BCUT2D eigenvalue weighted by Gasteiger charge is 2.14. The molecule has 0 fully saturated rings. The molecule has 0 spiro atoms. The van der Waals surface area contributed by atoms with Crippen molar-refractivity contribution >= 4 is 27.3 Å². The molecule has 2 rings (SSSR count). The maximum atomic E-state index is 12.0. The highest BCUT2D eigenvalue weighted by Crippen LogP contribution is 2.11. The van der Waals surface area contributed by atoms with E-state index in [-0.39, 0.29) is 23.9 Å². The molecule has 0 unspecified atom stereocenters. The van der Waals surface area contributed by atoms with E-state index in [4.69, 9.17) is 0 Å². The molecule has 0 aliphatic heterocycles. The van der Waals surface area contributed by atoms with Crippen LogP contribution in [0, 0.1) is 13.8 Å². The maximum Gasteiger partial charge on any atom is 0.263 e. The molecule has 0 saturated heterocycles. The number of carbonyl (C=O) groups excluding carboxylic acids is 1. The van der Waals surface area contributed by atoms with Crippen LogP contribution in [0.15, 0.2) is 34.7 Å². The van der Waals surface area contributed by atoms with Crippen LogP contribution in [0.4, 0.5) is 0 Å². The van der Waals surface area contributed by atoms with Gasteiger partial charge in [-0.15, -0.1) is 11.3 Å². The number of aromatic nitrogens is 1. The highest BCUT2D eigenvalue weighted by atomic mass is 32.2. The van der Waals surface area contributed by atoms with Crippen LogP contribution in [-0.4, -0.2) is 32.4 Å². The fourth-order valence-electron chi connectivity index (χ4n) is 1.76. The molecule has 1 heterocycles. The molecule has 1 amide bonds. The fourth-order valence-corrected chi connectivity index (χ4v) is 3.51. The third-order valence-electron chi connectivity index (χ3n) is 2.99. The van der Waals surface area contributed by atoms with Crippen molar-refractivity contribution < 1.29 is 13.2 Å². The Kier molecular flexibility index (Phi) is 5.28. The van der Waals surface area contributed by atoms with E-state index in [1.807, 2.05) is 6.92 Å². The second-order valence-corrected chi connectivity index (χ2v) is 7.36. The fraction of sp³-hybridized carbons (Fsp3) is 0.286. The van der Waals surface area contributed by atoms with E-state index in [0.29, 0.717) is 10.6 Å². The number of hydrogen-bond donors (Lipinski definition) is 2. The minimum atomic E-state index is -3.55. The van der Waals surface area contributed by atoms with Crippen molar-refractivity contribution in [1.29, 1.82) is 0 Å². The van der Waals surface area contributed by atoms with Crippen molar-refractivity contribution in [1.82, 2.24) is 15.0 Å². The smallest absolute Gasteiger partial charge is 0.263 e. The van der Waals surface area contributed by atoms with Gasteiger partial charge in [-0.1, -0.05) is 17.7 Å². The van der Waals surface area contributed by atoms with Gasteiger partial charge in [0.15, 0.2) is 0 Å². The first-order valence-electron chi connectivity index (χ1n) is 6.65. The summed E-state index contributed by atoms with van der Waals surface area (Å²) in [4.78, 5) is 16.6. The number of nitrogens with zero attached hydrogens (tertiary/aromatic N) is 1. The molecular weight excluding hydrogens is 322 g/mol. The van der Waals surface area contributed by atoms with E-state index in [1.165, 1.54) is 11.3 Å². The summed E-state index contributed by atoms with van der Waals surface area (Å²) in [6, 6.07) is 6.58. The number of sulfonamides is 1. The Hall–Kier alpha value is -1.77. The highest BCUT2D eigenvalue weighted by molar-refractivity contribution is 7.89. The molecule has 0 radical (unpaired) electrons. The lowest BCUT2D eigenvalue weighted by Crippen LogP contribution is -2.34. The van der Waals surface area contributed by atoms with Crippen molar-refractivity contribution in [3.63, 3.8) is 0 Å². The molecule has 22 heavy (non-hydrogen) atoms. The van der Waals surface area contributed by atoms with Crippen LogP contribution >= 0.6 is 11.3 Å². The van der Waals surface area contributed by atoms with Crippen LogP contribution < -0.4 is 10.0 Å². The average molecular weight is 339 g/mol. The number of carbonyl (C=O) groups is 1. The summed E-state index contributed by atoms with van der Waals surface area (Å²) in [6.07, 6.45) is 0. The summed E-state index contributed by atoms with van der Waals surface area (Å²) in [5.41, 5.74) is 3.26. The molecule has 0 bridgehead atoms. The maximum absolute atomic E-state index is 12.0. The lowest BCUT2D eigenvalue weighted by atomic mass is 10.2. The van der Waals surface area contributed by atoms with Crippen molar-refractivity contribution in [2.75, 3.05) is 13.1 Å². The number of rotatable bonds is 6. The van der Waals surface area contributed by atoms with Gasteiger partial charge in [-0.3, -0.25) is 4.79 Å². The minimum Gasteiger partial charge on any atom is -0.350 e. The molecule has 0 saturated carbocycles. The predicted molar refractivity (Wildman–Crippen MR) is 85.6 cm³/mol. The van der Waals surface area contributed by atoms with Gasteiger partial charge in [-0.25, -0.2) is 18.1 Å². The van der Waals surface area contributed by atoms with Gasteiger partial charge in [0.25, 0.3) is 5.91 Å². The van der Waals surface area contributed by atoms with Crippen LogP contribution in [0.5, 0.6) is 0 Å². The van der Waals surface area contributed by atoms with Crippen LogP contribution in [0.1, 0.15) is 20.9 Å². The van der Waals surface area contributed by atoms with Crippen molar-refractivity contribution in [3.8, 4) is 0 Å². The summed E-state index contributed by atoms with van der Waals surface area (Å²) in [7, 11) is -3.55. The normalized spacial score (nSPS) is 11.4. The Balaban J connectivity index is 1.84. The number of thiazole rings is 1. The third-order valence-corrected chi connectivity index (χ3v) is 5.39. The standard InChI is InChI=1S/C14H17N3O3S2/c1-10-3-5-12(6-4-10)22(19,20)17-8-7-15-14(18)13-11(2)16-9-21-13/h3-6,9,17H,7-8H2,1-2H3,(H,15,18). The van der Waals surface area contributed by atoms with Gasteiger partial charge in [0.05, 0.1) is 16.1 Å². The molecule has 0 aliphatic carbocycles. The Bertz CT molecular complexity index is 752. The summed E-state index contributed by atoms with van der Waals surface area (Å²) in [5.74, 6) is -0.241. The van der Waals surface area contributed by atoms with E-state index in [0.717, 1.165) is 5.56 Å². The van der Waals surface area contributed by atoms with Crippen molar-refractivity contribution in [3.05, 3.63) is 45.9 Å². The monoisotopic (exact) mass is 339 g/mol. The molecule has 2 aromatic rings. The topological polar surface area (TPSA) is 88.2 Å². The van der Waals surface area contributed by atoms with Gasteiger partial charge in [0.2, 0.25) is 10.0 Å². The van der Waals surface area contributed by atoms with Crippen molar-refractivity contribution in [2.24, 2.45) is 0 Å². The Labute approximate surface area is 133 Å². The average Bonchev–Trinajstić information content (AvgIpc) is 2.90. The summed E-state index contributed by atoms with van der Waals surface area (Å²) >= 11 is 1.26. The van der Waals surface area contributed by atoms with E-state index < -0.39 is 10.0 Å². The Morgan fingerprint density at radius 2 is 1.86 bits per heavy atom. The van der Waals surface area contributed by atoms with E-state index in [2.05, 4.69) is 15.0 Å². The minimum absolute atomic E-state index is 0.125. The second kappa shape index (κ2) is 6.99. The van der Waals surface area contributed by atoms with Gasteiger partial charge in [-0.2, -0.15) is 0 Å². The van der Waals surface area contributed by atoms with Crippen LogP contribution in [-0.2, 0) is 10.0 Å². The molecular formula is C14H17N3O3S2. The molecule has 8 heteroatoms. The lowest BCUT2D eigenvalue weighted by Gasteiger charge is -2.08. The van der Waals surface area contributed by atoms with Crippen molar-refractivity contribution in [2.45, 2.75) is 18.7 Å². The first kappa shape index (κ1) is 16.6. The number of aryl methyl sites for hydroxylation is 2. The van der Waals surface area contributed by atoms with Gasteiger partial charge >= 0.3 is 0 Å². The molecule has 118 valence electrons. The lowest BCUT2D eigenvalue weighted by molar-refractivity contribution is 0.0957. The Morgan fingerprint density at radius 3 is 2.45 bits per heavy atom. The first-order valence-corrected chi connectivity index (χ1v) is 9.01. The summed E-state index contributed by atoms with van der Waals surface area (Å²) in [5, 5.41) is 2.66. The molecule has 0 atom stereocenters. The van der Waals surface area contributed by atoms with E-state index in [9.17, 15) is 13.2 Å². The number of nitrogens with one attached hydrogen (secondary N) is 2. The van der Waals surface area contributed by atoms with Gasteiger partial charge in [0.1, 0.15) is 4.88 Å². The molecule has 1 aromatic carbocycles. The number of amides is 1. The largest absolute Gasteiger partial charge is 0.350 e. The molecule has 0 aliphatic rings. The van der Waals surface area contributed by atoms with Gasteiger partial charge < -0.3 is 5.32 Å². The van der Waals surface area contributed by atoms with E-state index >= 15 is 0 Å². The van der Waals surface area contributed by atoms with Gasteiger partial charge in [0, 0.05) is 13.1 Å². The van der Waals surface area contributed by atoms with Gasteiger partial charge in [-0.05, 0) is 26.0 Å². The Morgan fingerprint density at radius 1 is 1.18 bits per heavy atom. The zero-order chi connectivity index (χ0) is 16.2. The zero-order valence-electron chi connectivity index (χ0n) is 12.3. The number of hydrogen-bond acceptors (Lipinski definition) is 5. The zero-order valence-corrected chi connectivity index (χ0v) is 13.9. The molecule has 1 aromatic heterocycles. The SMILES string of the molecule is Cc1ccc(S(=O)(=O)NCCNC(=O)c2scnc2C)cc1. The van der Waals surface area contributed by atoms with Crippen LogP contribution in [0.2, 0.25) is 0 Å². The first-order chi connectivity index (χ1) is 10.4. The predicted octanol–water partition coefficient (Wildman–Crippen LogP) is 1.47. The van der Waals surface area contributed by atoms with Crippen LogP contribution in [0.25, 0.3) is 0 Å². The summed E-state index contributed by atoms with van der Waals surface area (Å²) < 4.78 is 26.5. The van der Waals surface area contributed by atoms with E-state index in [1.54, 1.807) is 36.7 Å². The molecule has 2 N–H and O–H groups in total. The quantitative estimate of drug-likeness (QED) is 0.780. The second-order valence-electron chi connectivity index (χ2n) is 4.73.